The van der Waals surface area contributed by atoms with Gasteiger partial charge in [0.05, 0.1) is 43.5 Å². The summed E-state index contributed by atoms with van der Waals surface area (Å²) in [6, 6.07) is 8.27. The minimum atomic E-state index is -2.82. The van der Waals surface area contributed by atoms with Crippen LogP contribution in [0.2, 0.25) is 0 Å². The van der Waals surface area contributed by atoms with E-state index in [0.717, 1.165) is 25.7 Å². The number of halogens is 2. The summed E-state index contributed by atoms with van der Waals surface area (Å²) in [5.41, 5.74) is 0.953. The number of imidazole rings is 1. The number of alkyl halides is 2. The van der Waals surface area contributed by atoms with Gasteiger partial charge in [-0.2, -0.15) is 9.97 Å². The van der Waals surface area contributed by atoms with E-state index >= 15 is 0 Å². The van der Waals surface area contributed by atoms with Crippen LogP contribution < -0.4 is 10.2 Å². The molecule has 0 spiro atoms. The number of anilines is 2. The Morgan fingerprint density at radius 2 is 1.95 bits per heavy atom. The Bertz CT molecular complexity index is 1320. The number of hydrogen-bond donors (Lipinski definition) is 2. The molecule has 0 unspecified atom stereocenters. The first-order valence-corrected chi connectivity index (χ1v) is 14.2. The van der Waals surface area contributed by atoms with Crippen LogP contribution >= 0.6 is 0 Å². The third kappa shape index (κ3) is 6.67. The van der Waals surface area contributed by atoms with Gasteiger partial charge in [-0.15, -0.1) is 0 Å². The van der Waals surface area contributed by atoms with Crippen molar-refractivity contribution >= 4 is 28.9 Å². The number of aliphatic hydroxyl groups excluding tert-OH is 1. The minimum absolute atomic E-state index is 0.141. The topological polar surface area (TPSA) is 118 Å². The predicted molar refractivity (Wildman–Crippen MR) is 150 cm³/mol. The highest BCUT2D eigenvalue weighted by Gasteiger charge is 2.28. The number of piperidine rings is 1. The second kappa shape index (κ2) is 13.4. The number of hydrogen-bond acceptors (Lipinski definition) is 9. The monoisotopic (exact) mass is 573 g/mol. The third-order valence-corrected chi connectivity index (χ3v) is 7.59. The molecule has 1 amide bonds. The normalized spacial score (nSPS) is 18.3. The number of carbonyl (C=O) groups excluding carboxylic acids is 1. The maximum Gasteiger partial charge on any atom is 0.409 e. The van der Waals surface area contributed by atoms with E-state index in [1.807, 2.05) is 4.90 Å². The summed E-state index contributed by atoms with van der Waals surface area (Å²) in [6.07, 6.45) is 0.324. The Kier molecular flexibility index (Phi) is 9.45. The minimum Gasteiger partial charge on any atom is -0.449 e. The molecule has 0 saturated carbocycles. The van der Waals surface area contributed by atoms with Crippen molar-refractivity contribution < 1.29 is 28.2 Å². The lowest BCUT2D eigenvalue weighted by Crippen LogP contribution is -2.48. The first-order valence-electron chi connectivity index (χ1n) is 14.2. The van der Waals surface area contributed by atoms with Crippen LogP contribution in [0.25, 0.3) is 16.9 Å². The van der Waals surface area contributed by atoms with Crippen LogP contribution in [0.3, 0.4) is 0 Å². The Hall–Kier alpha value is -3.58. The van der Waals surface area contributed by atoms with Crippen molar-refractivity contribution in [2.75, 3.05) is 62.8 Å². The quantitative estimate of drug-likeness (QED) is 0.347. The van der Waals surface area contributed by atoms with Crippen LogP contribution in [-0.4, -0.2) is 94.3 Å². The smallest absolute Gasteiger partial charge is 0.409 e. The summed E-state index contributed by atoms with van der Waals surface area (Å²) in [5, 5.41) is 13.3. The highest BCUT2D eigenvalue weighted by Crippen LogP contribution is 2.30. The Morgan fingerprint density at radius 1 is 1.17 bits per heavy atom. The zero-order valence-electron chi connectivity index (χ0n) is 23.2. The number of likely N-dealkylation sites (tertiary alicyclic amines) is 1. The van der Waals surface area contributed by atoms with E-state index < -0.39 is 12.2 Å². The molecule has 0 bridgehead atoms. The van der Waals surface area contributed by atoms with Crippen molar-refractivity contribution in [1.82, 2.24) is 24.4 Å². The van der Waals surface area contributed by atoms with E-state index in [-0.39, 0.29) is 30.5 Å². The lowest BCUT2D eigenvalue weighted by molar-refractivity contribution is 0.0723. The number of aliphatic hydroxyl groups is 1. The molecular formula is C28H37F2N7O4. The van der Waals surface area contributed by atoms with Gasteiger partial charge in [-0.3, -0.25) is 4.57 Å². The second-order valence-corrected chi connectivity index (χ2v) is 10.4. The molecular weight excluding hydrogens is 536 g/mol. The number of para-hydroxylation sites is 2. The molecule has 2 aliphatic rings. The van der Waals surface area contributed by atoms with Gasteiger partial charge in [-0.1, -0.05) is 25.5 Å². The summed E-state index contributed by atoms with van der Waals surface area (Å²) in [7, 11) is 0. The Labute approximate surface area is 237 Å². The second-order valence-electron chi connectivity index (χ2n) is 10.4. The summed E-state index contributed by atoms with van der Waals surface area (Å²) in [4.78, 5) is 29.5. The average molecular weight is 574 g/mol. The zero-order valence-corrected chi connectivity index (χ0v) is 23.2. The highest BCUT2D eigenvalue weighted by molar-refractivity contribution is 5.78. The fourth-order valence-electron chi connectivity index (χ4n) is 5.25. The number of benzene rings is 1. The Morgan fingerprint density at radius 3 is 2.71 bits per heavy atom. The molecule has 222 valence electrons. The molecule has 41 heavy (non-hydrogen) atoms. The molecule has 0 aliphatic carbocycles. The van der Waals surface area contributed by atoms with Crippen LogP contribution in [0, 0.1) is 5.92 Å². The van der Waals surface area contributed by atoms with Crippen LogP contribution in [0.1, 0.15) is 44.9 Å². The van der Waals surface area contributed by atoms with Crippen molar-refractivity contribution in [3.05, 3.63) is 36.2 Å². The van der Waals surface area contributed by atoms with Gasteiger partial charge in [-0.25, -0.2) is 18.6 Å². The lowest BCUT2D eigenvalue weighted by atomic mass is 9.97. The molecule has 2 aromatic heterocycles. The van der Waals surface area contributed by atoms with Crippen molar-refractivity contribution in [3.8, 4) is 5.82 Å². The van der Waals surface area contributed by atoms with E-state index in [1.165, 1.54) is 4.57 Å². The molecule has 5 rings (SSSR count). The van der Waals surface area contributed by atoms with Gasteiger partial charge in [0, 0.05) is 32.2 Å². The van der Waals surface area contributed by atoms with Gasteiger partial charge in [0.25, 0.3) is 6.43 Å². The first kappa shape index (κ1) is 28.9. The van der Waals surface area contributed by atoms with Crippen molar-refractivity contribution in [2.45, 2.75) is 45.1 Å². The summed E-state index contributed by atoms with van der Waals surface area (Å²) in [6.45, 7) is 5.38. The van der Waals surface area contributed by atoms with E-state index in [9.17, 15) is 18.7 Å². The maximum absolute atomic E-state index is 14.2. The number of fused-ring (bicyclic) bond motifs is 1. The molecule has 0 radical (unpaired) electrons. The summed E-state index contributed by atoms with van der Waals surface area (Å²) in [5.74, 6) is 0.919. The molecule has 3 aromatic rings. The largest absolute Gasteiger partial charge is 0.449 e. The van der Waals surface area contributed by atoms with E-state index in [1.54, 1.807) is 35.2 Å². The fraction of sp³-hybridized carbons (Fsp3) is 0.571. The fourth-order valence-corrected chi connectivity index (χ4v) is 5.25. The number of unbranched alkanes of at least 4 members (excludes halogenated alkanes) is 1. The molecule has 1 aromatic carbocycles. The van der Waals surface area contributed by atoms with Crippen LogP contribution in [0.4, 0.5) is 25.3 Å². The molecule has 11 nitrogen and oxygen atoms in total. The number of ether oxygens (including phenoxy) is 2. The number of amides is 1. The van der Waals surface area contributed by atoms with Gasteiger partial charge in [0.2, 0.25) is 5.95 Å². The average Bonchev–Trinajstić information content (AvgIpc) is 3.40. The number of aromatic nitrogens is 4. The Balaban J connectivity index is 1.38. The van der Waals surface area contributed by atoms with Crippen LogP contribution in [0.15, 0.2) is 30.3 Å². The molecule has 13 heteroatoms. The number of rotatable bonds is 10. The van der Waals surface area contributed by atoms with Crippen LogP contribution in [0.5, 0.6) is 0 Å². The predicted octanol–water partition coefficient (Wildman–Crippen LogP) is 4.01. The van der Waals surface area contributed by atoms with Crippen molar-refractivity contribution in [2.24, 2.45) is 5.92 Å². The number of nitrogens with one attached hydrogen (secondary N) is 1. The molecule has 1 atom stereocenters. The summed E-state index contributed by atoms with van der Waals surface area (Å²) < 4.78 is 40.5. The van der Waals surface area contributed by atoms with Gasteiger partial charge >= 0.3 is 6.09 Å². The lowest BCUT2D eigenvalue weighted by Gasteiger charge is -2.35. The first-order chi connectivity index (χ1) is 20.0. The van der Waals surface area contributed by atoms with Crippen molar-refractivity contribution in [1.29, 1.82) is 0 Å². The van der Waals surface area contributed by atoms with E-state index in [2.05, 4.69) is 22.2 Å². The number of carbonyl (C=O) groups is 1. The molecule has 2 N–H and O–H groups in total. The molecule has 2 aliphatic heterocycles. The molecule has 2 fully saturated rings. The zero-order chi connectivity index (χ0) is 28.8. The van der Waals surface area contributed by atoms with Gasteiger partial charge in [0.1, 0.15) is 11.6 Å². The van der Waals surface area contributed by atoms with Gasteiger partial charge < -0.3 is 29.7 Å². The number of nitrogens with zero attached hydrogens (tertiary/aromatic N) is 6. The SMILES string of the molecule is CCCCOC(=O)N1CCC(CNc2nc(N3CCOC[C@@H]3CO)cc(-n3c(C(F)F)nc4ccccc43)n2)CC1. The molecule has 4 heterocycles. The van der Waals surface area contributed by atoms with Crippen LogP contribution in [-0.2, 0) is 9.47 Å². The highest BCUT2D eigenvalue weighted by atomic mass is 19.3. The number of morpholine rings is 1. The van der Waals surface area contributed by atoms with Gasteiger partial charge in [0.15, 0.2) is 5.82 Å². The van der Waals surface area contributed by atoms with E-state index in [0.29, 0.717) is 68.8 Å². The standard InChI is InChI=1S/C28H37F2N7O4/c1-2-3-13-41-28(39)35-10-8-19(9-11-35)16-31-27-33-23(36-12-14-40-18-20(36)17-38)15-24(34-27)37-22-7-5-4-6-21(22)32-26(37)25(29)30/h4-7,15,19-20,25,38H,2-3,8-14,16-18H2,1H3,(H,31,33,34)/t20-/m0/s1. The maximum atomic E-state index is 14.2. The summed E-state index contributed by atoms with van der Waals surface area (Å²) >= 11 is 0. The van der Waals surface area contributed by atoms with Gasteiger partial charge in [-0.05, 0) is 37.3 Å². The van der Waals surface area contributed by atoms with E-state index in [4.69, 9.17) is 14.5 Å². The van der Waals surface area contributed by atoms with Crippen molar-refractivity contribution in [3.63, 3.8) is 0 Å². The third-order valence-electron chi connectivity index (χ3n) is 7.59. The molecule has 2 saturated heterocycles.